The summed E-state index contributed by atoms with van der Waals surface area (Å²) in [4.78, 5) is 15.7. The Morgan fingerprint density at radius 2 is 2.17 bits per heavy atom. The summed E-state index contributed by atoms with van der Waals surface area (Å²) >= 11 is 0. The van der Waals surface area contributed by atoms with Crippen molar-refractivity contribution in [3.63, 3.8) is 0 Å². The lowest BCUT2D eigenvalue weighted by molar-refractivity contribution is -0.144. The van der Waals surface area contributed by atoms with Crippen LogP contribution in [0.2, 0.25) is 0 Å². The minimum atomic E-state index is -0.174. The second kappa shape index (κ2) is 5.99. The van der Waals surface area contributed by atoms with Gasteiger partial charge in [0.2, 0.25) is 5.91 Å². The summed E-state index contributed by atoms with van der Waals surface area (Å²) in [5, 5.41) is 0. The zero-order valence-corrected chi connectivity index (χ0v) is 12.3. The Hall–Kier alpha value is -0.650. The Balaban J connectivity index is 2.67. The van der Waals surface area contributed by atoms with E-state index in [2.05, 4.69) is 25.7 Å². The highest BCUT2D eigenvalue weighted by molar-refractivity contribution is 5.76. The molecule has 1 rings (SSSR count). The topological polar surface area (TPSA) is 58.8 Å². The molecule has 0 aliphatic carbocycles. The van der Waals surface area contributed by atoms with Crippen LogP contribution >= 0.6 is 0 Å². The molecule has 0 aromatic carbocycles. The van der Waals surface area contributed by atoms with Crippen LogP contribution in [0.3, 0.4) is 0 Å². The first-order valence-corrected chi connectivity index (χ1v) is 6.57. The number of ether oxygens (including phenoxy) is 1. The van der Waals surface area contributed by atoms with Crippen LogP contribution < -0.4 is 5.73 Å². The minimum Gasteiger partial charge on any atom is -0.370 e. The molecule has 18 heavy (non-hydrogen) atoms. The lowest BCUT2D eigenvalue weighted by Crippen LogP contribution is -2.57. The van der Waals surface area contributed by atoms with Crippen molar-refractivity contribution in [1.82, 2.24) is 9.80 Å². The molecule has 1 amide bonds. The van der Waals surface area contributed by atoms with Gasteiger partial charge < -0.3 is 15.4 Å². The Morgan fingerprint density at radius 3 is 2.61 bits per heavy atom. The zero-order chi connectivity index (χ0) is 13.9. The number of nitrogens with two attached hydrogens (primary N) is 1. The molecular weight excluding hydrogens is 230 g/mol. The van der Waals surface area contributed by atoms with Crippen LogP contribution in [0.4, 0.5) is 0 Å². The minimum absolute atomic E-state index is 0.102. The van der Waals surface area contributed by atoms with Crippen molar-refractivity contribution in [1.29, 1.82) is 0 Å². The quantitative estimate of drug-likeness (QED) is 0.786. The third-order valence-electron chi connectivity index (χ3n) is 3.29. The van der Waals surface area contributed by atoms with E-state index in [0.717, 1.165) is 13.1 Å². The van der Waals surface area contributed by atoms with E-state index in [1.807, 2.05) is 0 Å². The number of hydrogen-bond donors (Lipinski definition) is 1. The normalized spacial score (nSPS) is 25.8. The number of carbonyl (C=O) groups excluding carboxylic acids is 1. The monoisotopic (exact) mass is 257 g/mol. The summed E-state index contributed by atoms with van der Waals surface area (Å²) in [5.41, 5.74) is 5.66. The highest BCUT2D eigenvalue weighted by Gasteiger charge is 2.34. The van der Waals surface area contributed by atoms with Gasteiger partial charge in [0.25, 0.3) is 0 Å². The molecule has 0 spiro atoms. The largest absolute Gasteiger partial charge is 0.370 e. The molecule has 0 radical (unpaired) electrons. The summed E-state index contributed by atoms with van der Waals surface area (Å²) in [6.07, 6.45) is 0.656. The van der Waals surface area contributed by atoms with Gasteiger partial charge in [0.05, 0.1) is 11.7 Å². The number of nitrogens with zero attached hydrogens (tertiary/aromatic N) is 2. The van der Waals surface area contributed by atoms with Crippen molar-refractivity contribution in [2.24, 2.45) is 5.73 Å². The fraction of sp³-hybridized carbons (Fsp3) is 0.923. The highest BCUT2D eigenvalue weighted by Crippen LogP contribution is 2.23. The van der Waals surface area contributed by atoms with Gasteiger partial charge in [0.1, 0.15) is 0 Å². The lowest BCUT2D eigenvalue weighted by Gasteiger charge is -2.45. The molecule has 1 heterocycles. The van der Waals surface area contributed by atoms with E-state index in [0.29, 0.717) is 13.0 Å². The average molecular weight is 257 g/mol. The van der Waals surface area contributed by atoms with Gasteiger partial charge in [-0.25, -0.2) is 0 Å². The van der Waals surface area contributed by atoms with Crippen molar-refractivity contribution < 1.29 is 9.53 Å². The maximum atomic E-state index is 11.8. The van der Waals surface area contributed by atoms with Gasteiger partial charge in [0, 0.05) is 46.2 Å². The van der Waals surface area contributed by atoms with E-state index in [4.69, 9.17) is 10.5 Å². The molecule has 5 nitrogen and oxygen atoms in total. The van der Waals surface area contributed by atoms with Gasteiger partial charge in [-0.3, -0.25) is 9.69 Å². The highest BCUT2D eigenvalue weighted by atomic mass is 16.5. The molecule has 2 atom stereocenters. The van der Waals surface area contributed by atoms with Crippen LogP contribution in [-0.2, 0) is 9.53 Å². The smallest absolute Gasteiger partial charge is 0.223 e. The van der Waals surface area contributed by atoms with Gasteiger partial charge in [-0.15, -0.1) is 0 Å². The number of amides is 1. The molecule has 2 unspecified atom stereocenters. The summed E-state index contributed by atoms with van der Waals surface area (Å²) < 4.78 is 5.87. The van der Waals surface area contributed by atoms with E-state index in [9.17, 15) is 4.79 Å². The molecule has 1 fully saturated rings. The summed E-state index contributed by atoms with van der Waals surface area (Å²) in [6.45, 7) is 8.39. The van der Waals surface area contributed by atoms with Gasteiger partial charge in [-0.2, -0.15) is 0 Å². The van der Waals surface area contributed by atoms with Crippen molar-refractivity contribution in [2.75, 3.05) is 33.7 Å². The third kappa shape index (κ3) is 4.23. The second-order valence-corrected chi connectivity index (χ2v) is 6.00. The number of morpholine rings is 1. The molecular formula is C13H27N3O2. The molecule has 106 valence electrons. The molecule has 0 bridgehead atoms. The van der Waals surface area contributed by atoms with Crippen LogP contribution in [0.25, 0.3) is 0 Å². The van der Waals surface area contributed by atoms with Crippen LogP contribution in [0.1, 0.15) is 27.2 Å². The molecule has 0 aromatic rings. The maximum absolute atomic E-state index is 11.8. The maximum Gasteiger partial charge on any atom is 0.223 e. The fourth-order valence-corrected chi connectivity index (χ4v) is 2.53. The van der Waals surface area contributed by atoms with Crippen molar-refractivity contribution in [3.05, 3.63) is 0 Å². The first-order chi connectivity index (χ1) is 8.25. The molecule has 1 aliphatic rings. The lowest BCUT2D eigenvalue weighted by atomic mass is 10.0. The Labute approximate surface area is 110 Å². The Bertz CT molecular complexity index is 292. The van der Waals surface area contributed by atoms with E-state index < -0.39 is 0 Å². The Morgan fingerprint density at radius 1 is 1.56 bits per heavy atom. The number of hydrogen-bond acceptors (Lipinski definition) is 4. The second-order valence-electron chi connectivity index (χ2n) is 6.00. The predicted molar refractivity (Wildman–Crippen MR) is 72.4 cm³/mol. The first kappa shape index (κ1) is 15.4. The van der Waals surface area contributed by atoms with Gasteiger partial charge in [-0.05, 0) is 20.8 Å². The van der Waals surface area contributed by atoms with Gasteiger partial charge in [0.15, 0.2) is 0 Å². The standard InChI is InChI=1S/C13H27N3O2/c1-10-8-16(9-13(2,3)18-10)11(7-14)6-12(17)15(4)5/h10-11H,6-9,14H2,1-5H3. The molecule has 0 aromatic heterocycles. The summed E-state index contributed by atoms with van der Waals surface area (Å²) in [7, 11) is 3.56. The van der Waals surface area contributed by atoms with Crippen LogP contribution in [0.15, 0.2) is 0 Å². The van der Waals surface area contributed by atoms with E-state index in [1.165, 1.54) is 0 Å². The van der Waals surface area contributed by atoms with Crippen LogP contribution in [-0.4, -0.2) is 67.2 Å². The summed E-state index contributed by atoms with van der Waals surface area (Å²) in [5.74, 6) is 0.127. The molecule has 5 heteroatoms. The molecule has 1 saturated heterocycles. The summed E-state index contributed by atoms with van der Waals surface area (Å²) in [6, 6.07) is 0.102. The first-order valence-electron chi connectivity index (χ1n) is 6.57. The number of carbonyl (C=O) groups is 1. The third-order valence-corrected chi connectivity index (χ3v) is 3.29. The molecule has 2 N–H and O–H groups in total. The average Bonchev–Trinajstić information content (AvgIpc) is 2.22. The van der Waals surface area contributed by atoms with Crippen molar-refractivity contribution in [2.45, 2.75) is 44.9 Å². The van der Waals surface area contributed by atoms with Crippen molar-refractivity contribution in [3.8, 4) is 0 Å². The van der Waals surface area contributed by atoms with Gasteiger partial charge >= 0.3 is 0 Å². The zero-order valence-electron chi connectivity index (χ0n) is 12.3. The van der Waals surface area contributed by atoms with E-state index >= 15 is 0 Å². The van der Waals surface area contributed by atoms with Crippen LogP contribution in [0, 0.1) is 0 Å². The van der Waals surface area contributed by atoms with Crippen molar-refractivity contribution >= 4 is 5.91 Å². The van der Waals surface area contributed by atoms with E-state index in [1.54, 1.807) is 19.0 Å². The SMILES string of the molecule is CC1CN(C(CN)CC(=O)N(C)C)CC(C)(C)O1. The fourth-order valence-electron chi connectivity index (χ4n) is 2.53. The Kier molecular flexibility index (Phi) is 5.13. The molecule has 1 aliphatic heterocycles. The van der Waals surface area contributed by atoms with Gasteiger partial charge in [-0.1, -0.05) is 0 Å². The van der Waals surface area contributed by atoms with E-state index in [-0.39, 0.29) is 23.7 Å². The molecule has 0 saturated carbocycles. The van der Waals surface area contributed by atoms with Crippen LogP contribution in [0.5, 0.6) is 0 Å². The predicted octanol–water partition coefficient (Wildman–Crippen LogP) is 0.291. The number of rotatable bonds is 4.